The van der Waals surface area contributed by atoms with Gasteiger partial charge in [-0.05, 0) is 48.4 Å². The lowest BCUT2D eigenvalue weighted by atomic mass is 9.96. The smallest absolute Gasteiger partial charge is 0.255 e. The van der Waals surface area contributed by atoms with E-state index in [1.807, 2.05) is 54.1 Å². The van der Waals surface area contributed by atoms with Crippen molar-refractivity contribution in [3.8, 4) is 11.4 Å². The predicted octanol–water partition coefficient (Wildman–Crippen LogP) is 3.24. The Balaban J connectivity index is 1.48. The lowest BCUT2D eigenvalue weighted by Gasteiger charge is -2.11. The summed E-state index contributed by atoms with van der Waals surface area (Å²) in [5.74, 6) is 1.06. The van der Waals surface area contributed by atoms with Crippen LogP contribution >= 0.6 is 0 Å². The number of rotatable bonds is 4. The number of anilines is 1. The Bertz CT molecular complexity index is 912. The Morgan fingerprint density at radius 2 is 2.08 bits per heavy atom. The Morgan fingerprint density at radius 1 is 1.23 bits per heavy atom. The minimum Gasteiger partial charge on any atom is -0.381 e. The van der Waals surface area contributed by atoms with E-state index in [4.69, 9.17) is 4.74 Å². The number of hydrogen-bond acceptors (Lipinski definition) is 4. The highest BCUT2D eigenvalue weighted by molar-refractivity contribution is 6.04. The highest BCUT2D eigenvalue weighted by atomic mass is 16.5. The van der Waals surface area contributed by atoms with Gasteiger partial charge >= 0.3 is 0 Å². The topological polar surface area (TPSA) is 69.0 Å². The molecule has 26 heavy (non-hydrogen) atoms. The fourth-order valence-corrected chi connectivity index (χ4v) is 3.18. The van der Waals surface area contributed by atoms with E-state index in [1.165, 1.54) is 0 Å². The number of benzene rings is 2. The molecule has 0 radical (unpaired) electrons. The number of aryl methyl sites for hydroxylation is 1. The van der Waals surface area contributed by atoms with Gasteiger partial charge in [0.05, 0.1) is 6.61 Å². The number of amides is 1. The average Bonchev–Trinajstić information content (AvgIpc) is 3.34. The van der Waals surface area contributed by atoms with E-state index in [1.54, 1.807) is 6.33 Å². The third-order valence-electron chi connectivity index (χ3n) is 4.66. The van der Waals surface area contributed by atoms with E-state index in [-0.39, 0.29) is 5.91 Å². The van der Waals surface area contributed by atoms with Gasteiger partial charge in [0.1, 0.15) is 6.33 Å². The molecule has 1 aromatic heterocycles. The second kappa shape index (κ2) is 7.09. The zero-order valence-electron chi connectivity index (χ0n) is 14.6. The normalized spacial score (nSPS) is 16.6. The van der Waals surface area contributed by atoms with Crippen molar-refractivity contribution in [3.05, 3.63) is 66.0 Å². The van der Waals surface area contributed by atoms with Gasteiger partial charge in [-0.15, -0.1) is 10.2 Å². The summed E-state index contributed by atoms with van der Waals surface area (Å²) in [6.45, 7) is 1.52. The molecule has 1 fully saturated rings. The van der Waals surface area contributed by atoms with Crippen LogP contribution in [0.15, 0.2) is 54.9 Å². The van der Waals surface area contributed by atoms with Crippen LogP contribution in [0.2, 0.25) is 0 Å². The molecule has 6 nitrogen and oxygen atoms in total. The predicted molar refractivity (Wildman–Crippen MR) is 99.0 cm³/mol. The minimum absolute atomic E-state index is 0.114. The number of nitrogens with zero attached hydrogens (tertiary/aromatic N) is 3. The lowest BCUT2D eigenvalue weighted by Crippen LogP contribution is -2.12. The van der Waals surface area contributed by atoms with Crippen LogP contribution in [0.4, 0.5) is 5.69 Å². The van der Waals surface area contributed by atoms with Gasteiger partial charge in [-0.25, -0.2) is 0 Å². The van der Waals surface area contributed by atoms with E-state index >= 15 is 0 Å². The molecule has 0 bridgehead atoms. The van der Waals surface area contributed by atoms with Crippen molar-refractivity contribution in [2.45, 2.75) is 12.3 Å². The van der Waals surface area contributed by atoms with Crippen LogP contribution in [0.3, 0.4) is 0 Å². The van der Waals surface area contributed by atoms with Gasteiger partial charge in [0, 0.05) is 36.4 Å². The number of carbonyl (C=O) groups excluding carboxylic acids is 1. The molecule has 1 aliphatic heterocycles. The Labute approximate surface area is 151 Å². The van der Waals surface area contributed by atoms with Gasteiger partial charge < -0.3 is 14.6 Å². The number of ether oxygens (including phenoxy) is 1. The quantitative estimate of drug-likeness (QED) is 0.786. The van der Waals surface area contributed by atoms with Crippen molar-refractivity contribution < 1.29 is 9.53 Å². The van der Waals surface area contributed by atoms with Gasteiger partial charge in [0.15, 0.2) is 5.82 Å². The van der Waals surface area contributed by atoms with Gasteiger partial charge in [0.25, 0.3) is 5.91 Å². The third kappa shape index (κ3) is 3.36. The first kappa shape index (κ1) is 16.5. The first-order valence-corrected chi connectivity index (χ1v) is 8.64. The molecule has 1 saturated heterocycles. The van der Waals surface area contributed by atoms with E-state index in [0.29, 0.717) is 11.5 Å². The molecule has 6 heteroatoms. The van der Waals surface area contributed by atoms with Crippen LogP contribution in [-0.2, 0) is 11.8 Å². The van der Waals surface area contributed by atoms with Gasteiger partial charge in [-0.2, -0.15) is 0 Å². The molecular formula is C20H20N4O2. The summed E-state index contributed by atoms with van der Waals surface area (Å²) in [6.07, 6.45) is 2.67. The molecule has 1 atom stereocenters. The minimum atomic E-state index is -0.114. The zero-order chi connectivity index (χ0) is 17.9. The summed E-state index contributed by atoms with van der Waals surface area (Å²) in [5.41, 5.74) is 3.52. The van der Waals surface area contributed by atoms with E-state index in [0.717, 1.165) is 42.3 Å². The molecule has 132 valence electrons. The van der Waals surface area contributed by atoms with Crippen LogP contribution < -0.4 is 5.32 Å². The molecule has 1 aliphatic rings. The van der Waals surface area contributed by atoms with Crippen molar-refractivity contribution in [2.24, 2.45) is 7.05 Å². The fourth-order valence-electron chi connectivity index (χ4n) is 3.18. The van der Waals surface area contributed by atoms with Crippen molar-refractivity contribution in [3.63, 3.8) is 0 Å². The molecule has 0 spiro atoms. The summed E-state index contributed by atoms with van der Waals surface area (Å²) >= 11 is 0. The average molecular weight is 348 g/mol. The maximum Gasteiger partial charge on any atom is 0.255 e. The van der Waals surface area contributed by atoms with E-state index in [2.05, 4.69) is 21.6 Å². The first-order valence-electron chi connectivity index (χ1n) is 8.64. The van der Waals surface area contributed by atoms with Crippen molar-refractivity contribution in [1.29, 1.82) is 0 Å². The molecular weight excluding hydrogens is 328 g/mol. The Kier molecular flexibility index (Phi) is 4.50. The maximum atomic E-state index is 12.6. The third-order valence-corrected chi connectivity index (χ3v) is 4.66. The number of hydrogen-bond donors (Lipinski definition) is 1. The van der Waals surface area contributed by atoms with Crippen molar-refractivity contribution >= 4 is 11.6 Å². The Morgan fingerprint density at radius 3 is 2.77 bits per heavy atom. The van der Waals surface area contributed by atoms with Crippen LogP contribution in [0, 0.1) is 0 Å². The number of carbonyl (C=O) groups is 1. The number of nitrogens with one attached hydrogen (secondary N) is 1. The molecule has 0 aliphatic carbocycles. The second-order valence-corrected chi connectivity index (χ2v) is 6.48. The van der Waals surface area contributed by atoms with E-state index < -0.39 is 0 Å². The summed E-state index contributed by atoms with van der Waals surface area (Å²) in [5, 5.41) is 10.9. The summed E-state index contributed by atoms with van der Waals surface area (Å²) in [7, 11) is 1.90. The molecule has 0 saturated carbocycles. The monoisotopic (exact) mass is 348 g/mol. The van der Waals surface area contributed by atoms with Crippen LogP contribution in [0.1, 0.15) is 28.3 Å². The van der Waals surface area contributed by atoms with Crippen molar-refractivity contribution in [2.75, 3.05) is 18.5 Å². The fraction of sp³-hybridized carbons (Fsp3) is 0.250. The lowest BCUT2D eigenvalue weighted by molar-refractivity contribution is 0.102. The highest BCUT2D eigenvalue weighted by Gasteiger charge is 2.18. The largest absolute Gasteiger partial charge is 0.381 e. The van der Waals surface area contributed by atoms with Gasteiger partial charge in [0.2, 0.25) is 0 Å². The SMILES string of the molecule is Cn1cnnc1-c1ccc(NC(=O)c2cccc([C@H]3CCOC3)c2)cc1. The molecule has 1 N–H and O–H groups in total. The molecule has 3 aromatic rings. The van der Waals surface area contributed by atoms with Crippen LogP contribution in [0.5, 0.6) is 0 Å². The van der Waals surface area contributed by atoms with Gasteiger partial charge in [-0.1, -0.05) is 12.1 Å². The van der Waals surface area contributed by atoms with Crippen LogP contribution in [-0.4, -0.2) is 33.9 Å². The number of aromatic nitrogens is 3. The molecule has 1 amide bonds. The highest BCUT2D eigenvalue weighted by Crippen LogP contribution is 2.26. The summed E-state index contributed by atoms with van der Waals surface area (Å²) in [4.78, 5) is 12.6. The second-order valence-electron chi connectivity index (χ2n) is 6.48. The molecule has 2 heterocycles. The maximum absolute atomic E-state index is 12.6. The molecule has 0 unspecified atom stereocenters. The Hall–Kier alpha value is -2.99. The zero-order valence-corrected chi connectivity index (χ0v) is 14.6. The van der Waals surface area contributed by atoms with E-state index in [9.17, 15) is 4.79 Å². The summed E-state index contributed by atoms with van der Waals surface area (Å²) < 4.78 is 7.30. The van der Waals surface area contributed by atoms with Gasteiger partial charge in [-0.3, -0.25) is 4.79 Å². The molecule has 4 rings (SSSR count). The summed E-state index contributed by atoms with van der Waals surface area (Å²) in [6, 6.07) is 15.4. The molecule has 2 aromatic carbocycles. The standard InChI is InChI=1S/C20H20N4O2/c1-24-13-21-23-19(24)14-5-7-18(8-6-14)22-20(25)16-4-2-3-15(11-16)17-9-10-26-12-17/h2-8,11,13,17H,9-10,12H2,1H3,(H,22,25)/t17-/m0/s1. The first-order chi connectivity index (χ1) is 12.7. The van der Waals surface area contributed by atoms with Crippen molar-refractivity contribution in [1.82, 2.24) is 14.8 Å². The van der Waals surface area contributed by atoms with Crippen LogP contribution in [0.25, 0.3) is 11.4 Å².